The Balaban J connectivity index is 0.947. The number of para-hydroxylation sites is 2. The maximum absolute atomic E-state index is 7.02. The summed E-state index contributed by atoms with van der Waals surface area (Å²) in [6.45, 7) is 10.1. The molecule has 1 N–H and O–H groups in total. The van der Waals surface area contributed by atoms with Crippen LogP contribution in [0.5, 0.6) is 0 Å². The fraction of sp³-hybridized carbons (Fsp3) is 0.153. The zero-order valence-corrected chi connectivity index (χ0v) is 43.7. The first-order valence-electron chi connectivity index (χ1n) is 27.2. The normalized spacial score (nSPS) is 15.4. The highest BCUT2D eigenvalue weighted by molar-refractivity contribution is 6.15. The van der Waals surface area contributed by atoms with Gasteiger partial charge in [-0.1, -0.05) is 203 Å². The van der Waals surface area contributed by atoms with Crippen LogP contribution in [0.1, 0.15) is 57.2 Å². The van der Waals surface area contributed by atoms with Crippen molar-refractivity contribution in [3.8, 4) is 50.2 Å². The van der Waals surface area contributed by atoms with Crippen LogP contribution in [0, 0.1) is 17.8 Å². The summed E-state index contributed by atoms with van der Waals surface area (Å²) in [6, 6.07) is 73.2. The van der Waals surface area contributed by atoms with Gasteiger partial charge >= 0.3 is 0 Å². The van der Waals surface area contributed by atoms with E-state index < -0.39 is 0 Å². The highest BCUT2D eigenvalue weighted by Crippen LogP contribution is 2.47. The molecule has 76 heavy (non-hydrogen) atoms. The van der Waals surface area contributed by atoms with Crippen molar-refractivity contribution in [2.45, 2.75) is 53.5 Å². The number of rotatable bonds is 12. The largest absolute Gasteiger partial charge is 0.454 e. The minimum Gasteiger partial charge on any atom is -0.454 e. The topological polar surface area (TPSA) is 42.5 Å². The van der Waals surface area contributed by atoms with E-state index in [1.807, 2.05) is 0 Å². The molecule has 1 aliphatic carbocycles. The molecule has 370 valence electrons. The van der Waals surface area contributed by atoms with Crippen LogP contribution in [0.15, 0.2) is 239 Å². The third kappa shape index (κ3) is 8.39. The van der Waals surface area contributed by atoms with Gasteiger partial charge in [0.25, 0.3) is 0 Å². The van der Waals surface area contributed by atoms with Crippen LogP contribution in [0.25, 0.3) is 99.6 Å². The van der Waals surface area contributed by atoms with Gasteiger partial charge in [-0.2, -0.15) is 0 Å². The number of fused-ring (bicyclic) bond motifs is 9. The van der Waals surface area contributed by atoms with Gasteiger partial charge in [-0.15, -0.1) is 0 Å². The number of anilines is 1. The van der Waals surface area contributed by atoms with E-state index in [1.165, 1.54) is 66.6 Å². The fourth-order valence-corrected chi connectivity index (χ4v) is 12.1. The molecule has 0 fully saturated rings. The molecule has 2 aromatic heterocycles. The molecule has 0 bridgehead atoms. The monoisotopic (exact) mass is 983 g/mol. The smallest absolute Gasteiger partial charge is 0.160 e. The minimum absolute atomic E-state index is 0.195. The number of hydrogen-bond acceptors (Lipinski definition) is 3. The average Bonchev–Trinajstić information content (AvgIpc) is 4.10. The Morgan fingerprint density at radius 3 is 2.08 bits per heavy atom. The van der Waals surface area contributed by atoms with E-state index in [-0.39, 0.29) is 11.8 Å². The number of hydrogen-bond donors (Lipinski definition) is 1. The average molecular weight is 984 g/mol. The zero-order valence-electron chi connectivity index (χ0n) is 43.7. The lowest BCUT2D eigenvalue weighted by molar-refractivity contribution is 0.666. The van der Waals surface area contributed by atoms with Crippen LogP contribution in [-0.2, 0) is 13.0 Å². The van der Waals surface area contributed by atoms with Gasteiger partial charge in [-0.25, -0.2) is 0 Å². The minimum atomic E-state index is 0.195. The number of aromatic nitrogens is 1. The summed E-state index contributed by atoms with van der Waals surface area (Å²) < 4.78 is 9.47. The van der Waals surface area contributed by atoms with Crippen LogP contribution in [0.2, 0.25) is 0 Å². The Morgan fingerprint density at radius 1 is 0.605 bits per heavy atom. The van der Waals surface area contributed by atoms with Crippen LogP contribution in [-0.4, -0.2) is 10.3 Å². The van der Waals surface area contributed by atoms with E-state index in [0.29, 0.717) is 5.92 Å². The van der Waals surface area contributed by atoms with Gasteiger partial charge in [0.1, 0.15) is 5.58 Å². The van der Waals surface area contributed by atoms with Gasteiger partial charge in [-0.05, 0) is 131 Å². The van der Waals surface area contributed by atoms with Crippen LogP contribution >= 0.6 is 0 Å². The summed E-state index contributed by atoms with van der Waals surface area (Å²) in [4.78, 5) is 5.79. The molecule has 0 spiro atoms. The molecular weight excluding hydrogens is 923 g/mol. The van der Waals surface area contributed by atoms with E-state index in [4.69, 9.17) is 9.41 Å². The standard InChI is InChI=1S/C72H61N3O/c1-5-46(2)69(52-24-13-8-14-25-52)74-70(53-34-32-51(33-35-53)49-20-9-6-10-21-49)48(4)47(3)42-56-26-19-27-57-45-73-64-40-36-55(44-63(64)68(56)57)58-38-39-61-60-29-16-18-31-67(60)76-72(61)71(58)75-65-30-17-15-28-59(65)62-43-54(37-41-66(62)75)50-22-11-7-12-23-50/h6-24,26-41,43-44,46-47,52,73H,5,25,42,45H2,1-4H3/b70-48-,74-69+. The molecule has 3 unspecified atom stereocenters. The van der Waals surface area contributed by atoms with Gasteiger partial charge in [0, 0.05) is 62.1 Å². The van der Waals surface area contributed by atoms with Crippen molar-refractivity contribution in [3.63, 3.8) is 0 Å². The van der Waals surface area contributed by atoms with Gasteiger partial charge in [-0.3, -0.25) is 4.99 Å². The summed E-state index contributed by atoms with van der Waals surface area (Å²) in [5.74, 6) is 0.814. The third-order valence-electron chi connectivity index (χ3n) is 16.5. The van der Waals surface area contributed by atoms with Crippen molar-refractivity contribution in [3.05, 3.63) is 247 Å². The predicted octanol–water partition coefficient (Wildman–Crippen LogP) is 19.5. The maximum atomic E-state index is 7.02. The second kappa shape index (κ2) is 19.8. The molecule has 0 amide bonds. The van der Waals surface area contributed by atoms with E-state index >= 15 is 0 Å². The molecule has 3 atom stereocenters. The molecule has 1 aliphatic heterocycles. The number of nitrogens with one attached hydrogen (secondary N) is 1. The SMILES string of the molecule is CCC(C)/C(=N\C(=C(\C)C(C)Cc1cccc2c1-c1cc(-c3ccc4c(oc5ccccc54)c3-n3c4ccccc4c4cc(-c5ccccc5)ccc43)ccc1NC2)c1ccc(-c2ccccc2)cc1)C1C=CC=CC1. The van der Waals surface area contributed by atoms with Gasteiger partial charge in [0.15, 0.2) is 5.58 Å². The third-order valence-corrected chi connectivity index (χ3v) is 16.5. The van der Waals surface area contributed by atoms with Crippen molar-refractivity contribution in [1.82, 2.24) is 4.57 Å². The molecular formula is C72H61N3O. The molecule has 11 aromatic rings. The van der Waals surface area contributed by atoms with Crippen molar-refractivity contribution < 1.29 is 4.42 Å². The Bertz CT molecular complexity index is 4130. The van der Waals surface area contributed by atoms with E-state index in [2.05, 4.69) is 262 Å². The first-order chi connectivity index (χ1) is 37.4. The quantitative estimate of drug-likeness (QED) is 0.124. The number of aliphatic imine (C=N–C) groups is 1. The maximum Gasteiger partial charge on any atom is 0.160 e. The zero-order chi connectivity index (χ0) is 51.3. The summed E-state index contributed by atoms with van der Waals surface area (Å²) in [7, 11) is 0. The number of benzene rings is 9. The van der Waals surface area contributed by atoms with Crippen molar-refractivity contribution in [2.75, 3.05) is 5.32 Å². The second-order valence-electron chi connectivity index (χ2n) is 21.0. The van der Waals surface area contributed by atoms with Crippen LogP contribution in [0.3, 0.4) is 0 Å². The van der Waals surface area contributed by atoms with Crippen molar-refractivity contribution in [1.29, 1.82) is 0 Å². The van der Waals surface area contributed by atoms with Crippen LogP contribution < -0.4 is 5.32 Å². The highest BCUT2D eigenvalue weighted by atomic mass is 16.3. The summed E-state index contributed by atoms with van der Waals surface area (Å²) >= 11 is 0. The van der Waals surface area contributed by atoms with E-state index in [1.54, 1.807) is 0 Å². The molecule has 2 aliphatic rings. The lowest BCUT2D eigenvalue weighted by Crippen LogP contribution is -2.21. The molecule has 9 aromatic carbocycles. The van der Waals surface area contributed by atoms with E-state index in [9.17, 15) is 0 Å². The molecule has 3 heterocycles. The predicted molar refractivity (Wildman–Crippen MR) is 322 cm³/mol. The number of allylic oxidation sites excluding steroid dienone is 5. The number of furan rings is 1. The molecule has 4 nitrogen and oxygen atoms in total. The first kappa shape index (κ1) is 47.0. The van der Waals surface area contributed by atoms with Gasteiger partial charge < -0.3 is 14.3 Å². The summed E-state index contributed by atoms with van der Waals surface area (Å²) in [6.07, 6.45) is 11.9. The van der Waals surface area contributed by atoms with E-state index in [0.717, 1.165) is 92.5 Å². The Labute approximate surface area is 446 Å². The van der Waals surface area contributed by atoms with Crippen molar-refractivity contribution >= 4 is 60.8 Å². The second-order valence-corrected chi connectivity index (χ2v) is 21.0. The van der Waals surface area contributed by atoms with Crippen LogP contribution in [0.4, 0.5) is 5.69 Å². The molecule has 0 radical (unpaired) electrons. The summed E-state index contributed by atoms with van der Waals surface area (Å²) in [5, 5.41) is 8.45. The first-order valence-corrected chi connectivity index (χ1v) is 27.2. The lowest BCUT2D eigenvalue weighted by atomic mass is 9.83. The molecule has 4 heteroatoms. The molecule has 0 saturated heterocycles. The van der Waals surface area contributed by atoms with Gasteiger partial charge in [0.2, 0.25) is 0 Å². The molecule has 13 rings (SSSR count). The highest BCUT2D eigenvalue weighted by Gasteiger charge is 2.27. The Hall–Kier alpha value is -8.73. The lowest BCUT2D eigenvalue weighted by Gasteiger charge is -2.27. The van der Waals surface area contributed by atoms with Crippen molar-refractivity contribution in [2.24, 2.45) is 22.7 Å². The summed E-state index contributed by atoms with van der Waals surface area (Å²) in [5.41, 5.74) is 23.3. The molecule has 0 saturated carbocycles. The number of nitrogens with zero attached hydrogens (tertiary/aromatic N) is 2. The Morgan fingerprint density at radius 2 is 1.30 bits per heavy atom. The van der Waals surface area contributed by atoms with Gasteiger partial charge in [0.05, 0.1) is 22.4 Å². The Kier molecular flexibility index (Phi) is 12.3. The fourth-order valence-electron chi connectivity index (χ4n) is 12.1.